The summed E-state index contributed by atoms with van der Waals surface area (Å²) in [6.07, 6.45) is 2.93. The van der Waals surface area contributed by atoms with Crippen LogP contribution in [0.4, 0.5) is 5.69 Å². The van der Waals surface area contributed by atoms with Crippen LogP contribution < -0.4 is 4.74 Å². The van der Waals surface area contributed by atoms with Crippen molar-refractivity contribution in [3.05, 3.63) is 75.8 Å². The molecule has 1 heterocycles. The summed E-state index contributed by atoms with van der Waals surface area (Å²) in [5.41, 5.74) is 3.27. The highest BCUT2D eigenvalue weighted by molar-refractivity contribution is 5.68. The molecule has 4 heteroatoms. The fourth-order valence-corrected chi connectivity index (χ4v) is 2.26. The van der Waals surface area contributed by atoms with E-state index in [0.29, 0.717) is 6.61 Å². The lowest BCUT2D eigenvalue weighted by molar-refractivity contribution is -0.384. The van der Waals surface area contributed by atoms with Crippen LogP contribution in [-0.4, -0.2) is 11.5 Å². The number of fused-ring (bicyclic) bond motifs is 1. The molecule has 0 unspecified atom stereocenters. The smallest absolute Gasteiger partial charge is 0.269 e. The Balaban J connectivity index is 1.85. The van der Waals surface area contributed by atoms with Crippen molar-refractivity contribution in [3.63, 3.8) is 0 Å². The van der Waals surface area contributed by atoms with Gasteiger partial charge in [0.1, 0.15) is 12.4 Å². The van der Waals surface area contributed by atoms with Gasteiger partial charge in [0.05, 0.1) is 4.92 Å². The normalized spacial score (nSPS) is 13.7. The zero-order valence-corrected chi connectivity index (χ0v) is 10.8. The van der Waals surface area contributed by atoms with Crippen LogP contribution in [-0.2, 0) is 6.42 Å². The first-order chi connectivity index (χ1) is 9.74. The Kier molecular flexibility index (Phi) is 3.21. The van der Waals surface area contributed by atoms with Crippen molar-refractivity contribution in [1.82, 2.24) is 0 Å². The number of para-hydroxylation sites is 1. The molecule has 0 aliphatic carbocycles. The average molecular weight is 267 g/mol. The highest BCUT2D eigenvalue weighted by Crippen LogP contribution is 2.27. The van der Waals surface area contributed by atoms with Crippen molar-refractivity contribution in [3.8, 4) is 5.75 Å². The first-order valence-corrected chi connectivity index (χ1v) is 6.38. The molecule has 0 radical (unpaired) electrons. The van der Waals surface area contributed by atoms with Crippen LogP contribution in [0.2, 0.25) is 0 Å². The molecule has 0 saturated carbocycles. The number of nitrogens with zero attached hydrogens (tertiary/aromatic N) is 1. The lowest BCUT2D eigenvalue weighted by Crippen LogP contribution is -1.99. The number of allylic oxidation sites excluding steroid dienone is 1. The molecule has 0 spiro atoms. The Hall–Kier alpha value is -2.62. The van der Waals surface area contributed by atoms with Crippen LogP contribution >= 0.6 is 0 Å². The molecule has 0 amide bonds. The maximum absolute atomic E-state index is 10.7. The minimum atomic E-state index is -0.391. The molecule has 0 N–H and O–H groups in total. The maximum atomic E-state index is 10.7. The van der Waals surface area contributed by atoms with Gasteiger partial charge in [0.2, 0.25) is 0 Å². The van der Waals surface area contributed by atoms with Gasteiger partial charge in [0, 0.05) is 12.1 Å². The Labute approximate surface area is 116 Å². The molecule has 3 rings (SSSR count). The molecule has 0 bridgehead atoms. The minimum Gasteiger partial charge on any atom is -0.489 e. The summed E-state index contributed by atoms with van der Waals surface area (Å²) in [7, 11) is 0. The van der Waals surface area contributed by atoms with Crippen LogP contribution in [0.25, 0.3) is 5.57 Å². The minimum absolute atomic E-state index is 0.104. The summed E-state index contributed by atoms with van der Waals surface area (Å²) >= 11 is 0. The molecule has 2 aromatic carbocycles. The van der Waals surface area contributed by atoms with Gasteiger partial charge in [-0.1, -0.05) is 24.3 Å². The number of nitro groups is 1. The van der Waals surface area contributed by atoms with Crippen LogP contribution in [0.3, 0.4) is 0 Å². The number of hydrogen-bond acceptors (Lipinski definition) is 3. The predicted octanol–water partition coefficient (Wildman–Crippen LogP) is 3.61. The molecule has 1 aliphatic heterocycles. The molecule has 1 aliphatic rings. The van der Waals surface area contributed by atoms with Gasteiger partial charge in [-0.15, -0.1) is 0 Å². The SMILES string of the molecule is O=[N+]([O-])c1ccc(C2=CCc3ccccc3OC2)cc1. The summed E-state index contributed by atoms with van der Waals surface area (Å²) in [4.78, 5) is 10.3. The van der Waals surface area contributed by atoms with E-state index < -0.39 is 4.92 Å². The second kappa shape index (κ2) is 5.17. The Morgan fingerprint density at radius 3 is 2.55 bits per heavy atom. The quantitative estimate of drug-likeness (QED) is 0.617. The lowest BCUT2D eigenvalue weighted by atomic mass is 10.0. The molecule has 0 fully saturated rings. The molecule has 2 aromatic rings. The number of hydrogen-bond donors (Lipinski definition) is 0. The first-order valence-electron chi connectivity index (χ1n) is 6.38. The second-order valence-corrected chi connectivity index (χ2v) is 4.63. The van der Waals surface area contributed by atoms with Crippen LogP contribution in [0.5, 0.6) is 5.75 Å². The van der Waals surface area contributed by atoms with Gasteiger partial charge >= 0.3 is 0 Å². The highest BCUT2D eigenvalue weighted by Gasteiger charge is 2.12. The Morgan fingerprint density at radius 1 is 1.05 bits per heavy atom. The molecule has 100 valence electrons. The van der Waals surface area contributed by atoms with E-state index in [-0.39, 0.29) is 5.69 Å². The van der Waals surface area contributed by atoms with Gasteiger partial charge in [-0.2, -0.15) is 0 Å². The standard InChI is InChI=1S/C16H13NO3/c18-17(19)15-9-7-12(8-10-15)14-6-5-13-3-1-2-4-16(13)20-11-14/h1-4,6-10H,5,11H2. The number of benzene rings is 2. The topological polar surface area (TPSA) is 52.4 Å². The molecule has 0 saturated heterocycles. The van der Waals surface area contributed by atoms with Gasteiger partial charge < -0.3 is 4.74 Å². The molecular formula is C16H13NO3. The van der Waals surface area contributed by atoms with Crippen molar-refractivity contribution in [2.75, 3.05) is 6.61 Å². The zero-order chi connectivity index (χ0) is 13.9. The van der Waals surface area contributed by atoms with E-state index in [1.165, 1.54) is 12.1 Å². The van der Waals surface area contributed by atoms with E-state index in [2.05, 4.69) is 6.08 Å². The van der Waals surface area contributed by atoms with E-state index in [1.54, 1.807) is 12.1 Å². The van der Waals surface area contributed by atoms with Gasteiger partial charge in [-0.3, -0.25) is 10.1 Å². The third kappa shape index (κ3) is 2.40. The van der Waals surface area contributed by atoms with Crippen molar-refractivity contribution in [2.24, 2.45) is 0 Å². The van der Waals surface area contributed by atoms with Crippen molar-refractivity contribution >= 4 is 11.3 Å². The molecule has 4 nitrogen and oxygen atoms in total. The van der Waals surface area contributed by atoms with E-state index in [9.17, 15) is 10.1 Å². The van der Waals surface area contributed by atoms with Crippen molar-refractivity contribution in [1.29, 1.82) is 0 Å². The molecule has 0 aromatic heterocycles. The fraction of sp³-hybridized carbons (Fsp3) is 0.125. The van der Waals surface area contributed by atoms with E-state index in [1.807, 2.05) is 24.3 Å². The van der Waals surface area contributed by atoms with Gasteiger partial charge in [-0.25, -0.2) is 0 Å². The predicted molar refractivity (Wildman–Crippen MR) is 76.7 cm³/mol. The Morgan fingerprint density at radius 2 is 1.80 bits per heavy atom. The summed E-state index contributed by atoms with van der Waals surface area (Å²) in [6, 6.07) is 14.5. The summed E-state index contributed by atoms with van der Waals surface area (Å²) in [5.74, 6) is 0.903. The van der Waals surface area contributed by atoms with Crippen LogP contribution in [0.15, 0.2) is 54.6 Å². The Bertz CT molecular complexity index is 674. The maximum Gasteiger partial charge on any atom is 0.269 e. The van der Waals surface area contributed by atoms with Gasteiger partial charge in [0.25, 0.3) is 5.69 Å². The van der Waals surface area contributed by atoms with E-state index in [4.69, 9.17) is 4.74 Å². The van der Waals surface area contributed by atoms with E-state index >= 15 is 0 Å². The fourth-order valence-electron chi connectivity index (χ4n) is 2.26. The average Bonchev–Trinajstić information content (AvgIpc) is 2.70. The third-order valence-electron chi connectivity index (χ3n) is 3.37. The molecule has 0 atom stereocenters. The van der Waals surface area contributed by atoms with Crippen molar-refractivity contribution in [2.45, 2.75) is 6.42 Å². The van der Waals surface area contributed by atoms with Crippen LogP contribution in [0, 0.1) is 10.1 Å². The number of nitro benzene ring substituents is 1. The zero-order valence-electron chi connectivity index (χ0n) is 10.8. The summed E-state index contributed by atoms with van der Waals surface area (Å²) in [5, 5.41) is 10.7. The summed E-state index contributed by atoms with van der Waals surface area (Å²) < 4.78 is 5.79. The number of rotatable bonds is 2. The first kappa shape index (κ1) is 12.4. The van der Waals surface area contributed by atoms with E-state index in [0.717, 1.165) is 28.9 Å². The lowest BCUT2D eigenvalue weighted by Gasteiger charge is -2.08. The largest absolute Gasteiger partial charge is 0.489 e. The second-order valence-electron chi connectivity index (χ2n) is 4.63. The van der Waals surface area contributed by atoms with Gasteiger partial charge in [0.15, 0.2) is 0 Å². The molecule has 20 heavy (non-hydrogen) atoms. The third-order valence-corrected chi connectivity index (χ3v) is 3.37. The number of ether oxygens (including phenoxy) is 1. The summed E-state index contributed by atoms with van der Waals surface area (Å²) in [6.45, 7) is 0.481. The monoisotopic (exact) mass is 267 g/mol. The van der Waals surface area contributed by atoms with Gasteiger partial charge in [-0.05, 0) is 41.3 Å². The van der Waals surface area contributed by atoms with Crippen molar-refractivity contribution < 1.29 is 9.66 Å². The molecular weight excluding hydrogens is 254 g/mol. The number of non-ortho nitro benzene ring substituents is 1. The van der Waals surface area contributed by atoms with Crippen LogP contribution in [0.1, 0.15) is 11.1 Å². The highest BCUT2D eigenvalue weighted by atomic mass is 16.6.